The van der Waals surface area contributed by atoms with E-state index in [9.17, 15) is 0 Å². The number of aromatic nitrogens is 2. The number of rotatable bonds is 2. The van der Waals surface area contributed by atoms with E-state index in [2.05, 4.69) is 33.9 Å². The van der Waals surface area contributed by atoms with Gasteiger partial charge in [-0.15, -0.1) is 0 Å². The molecule has 2 aromatic rings. The summed E-state index contributed by atoms with van der Waals surface area (Å²) in [5.74, 6) is 0.661. The first-order valence-corrected chi connectivity index (χ1v) is 6.03. The molecule has 1 atom stereocenters. The molecule has 84 valence electrons. The highest BCUT2D eigenvalue weighted by molar-refractivity contribution is 5.76. The lowest BCUT2D eigenvalue weighted by Gasteiger charge is -2.11. The minimum absolute atomic E-state index is 0.661. The number of aromatic amines is 1. The fourth-order valence-corrected chi connectivity index (χ4v) is 2.57. The fraction of sp³-hybridized carbons (Fsp3) is 0.462. The molecular formula is C13H17N3. The van der Waals surface area contributed by atoms with Crippen molar-refractivity contribution >= 4 is 11.0 Å². The third-order valence-corrected chi connectivity index (χ3v) is 3.57. The molecule has 0 bridgehead atoms. The Bertz CT molecular complexity index is 456. The number of hydrogen-bond acceptors (Lipinski definition) is 2. The van der Waals surface area contributed by atoms with Crippen LogP contribution in [0.3, 0.4) is 0 Å². The number of hydrogen-bond donors (Lipinski definition) is 1. The summed E-state index contributed by atoms with van der Waals surface area (Å²) in [5, 5.41) is 1.23. The highest BCUT2D eigenvalue weighted by Gasteiger charge is 2.23. The minimum Gasteiger partial charge on any atom is -0.343 e. The highest BCUT2D eigenvalue weighted by atomic mass is 15.1. The number of likely N-dealkylation sites (N-methyl/N-ethyl adjacent to an activating group) is 1. The number of fused-ring (bicyclic) bond motifs is 1. The maximum Gasteiger partial charge on any atom is 0.137 e. The summed E-state index contributed by atoms with van der Waals surface area (Å²) in [7, 11) is 0. The van der Waals surface area contributed by atoms with E-state index in [0.29, 0.717) is 5.92 Å². The third kappa shape index (κ3) is 1.61. The Balaban J connectivity index is 1.89. The van der Waals surface area contributed by atoms with Gasteiger partial charge in [0.15, 0.2) is 0 Å². The number of nitrogens with zero attached hydrogens (tertiary/aromatic N) is 2. The van der Waals surface area contributed by atoms with Crippen LogP contribution < -0.4 is 0 Å². The Labute approximate surface area is 95.5 Å². The van der Waals surface area contributed by atoms with Gasteiger partial charge in [-0.3, -0.25) is 0 Å². The Hall–Kier alpha value is -1.35. The van der Waals surface area contributed by atoms with Crippen molar-refractivity contribution in [1.29, 1.82) is 0 Å². The Morgan fingerprint density at radius 1 is 1.56 bits per heavy atom. The van der Waals surface area contributed by atoms with Gasteiger partial charge >= 0.3 is 0 Å². The molecular weight excluding hydrogens is 198 g/mol. The molecule has 1 unspecified atom stereocenters. The summed E-state index contributed by atoms with van der Waals surface area (Å²) >= 11 is 0. The van der Waals surface area contributed by atoms with Crippen molar-refractivity contribution in [2.45, 2.75) is 19.3 Å². The molecule has 0 radical (unpaired) electrons. The summed E-state index contributed by atoms with van der Waals surface area (Å²) in [5.41, 5.74) is 2.37. The zero-order valence-corrected chi connectivity index (χ0v) is 9.61. The van der Waals surface area contributed by atoms with Gasteiger partial charge in [-0.2, -0.15) is 0 Å². The SMILES string of the molecule is CCN1CCC(c2cc3cccnc3[nH]2)C1. The topological polar surface area (TPSA) is 31.9 Å². The van der Waals surface area contributed by atoms with Crippen LogP contribution in [-0.2, 0) is 0 Å². The van der Waals surface area contributed by atoms with Gasteiger partial charge in [0.2, 0.25) is 0 Å². The van der Waals surface area contributed by atoms with Crippen molar-refractivity contribution in [3.8, 4) is 0 Å². The van der Waals surface area contributed by atoms with Crippen molar-refractivity contribution < 1.29 is 0 Å². The zero-order valence-electron chi connectivity index (χ0n) is 9.61. The average molecular weight is 215 g/mol. The largest absolute Gasteiger partial charge is 0.343 e. The van der Waals surface area contributed by atoms with E-state index in [1.54, 1.807) is 0 Å². The Morgan fingerprint density at radius 2 is 2.50 bits per heavy atom. The van der Waals surface area contributed by atoms with E-state index in [-0.39, 0.29) is 0 Å². The molecule has 1 aliphatic rings. The second kappa shape index (κ2) is 3.91. The lowest BCUT2D eigenvalue weighted by Crippen LogP contribution is -2.19. The average Bonchev–Trinajstić information content (AvgIpc) is 2.95. The van der Waals surface area contributed by atoms with Gasteiger partial charge in [-0.05, 0) is 37.7 Å². The Morgan fingerprint density at radius 3 is 3.25 bits per heavy atom. The molecule has 2 aromatic heterocycles. The van der Waals surface area contributed by atoms with Crippen LogP contribution in [0.25, 0.3) is 11.0 Å². The predicted molar refractivity (Wildman–Crippen MR) is 65.6 cm³/mol. The second-order valence-electron chi connectivity index (χ2n) is 4.54. The lowest BCUT2D eigenvalue weighted by atomic mass is 10.1. The maximum absolute atomic E-state index is 4.34. The van der Waals surface area contributed by atoms with E-state index < -0.39 is 0 Å². The summed E-state index contributed by atoms with van der Waals surface area (Å²) in [4.78, 5) is 10.3. The van der Waals surface area contributed by atoms with E-state index in [1.165, 1.54) is 30.6 Å². The van der Waals surface area contributed by atoms with Gasteiger partial charge in [0.05, 0.1) is 0 Å². The van der Waals surface area contributed by atoms with Crippen LogP contribution in [0, 0.1) is 0 Å². The molecule has 3 heteroatoms. The van der Waals surface area contributed by atoms with Crippen LogP contribution >= 0.6 is 0 Å². The molecule has 0 aromatic carbocycles. The Kier molecular flexibility index (Phi) is 2.40. The predicted octanol–water partition coefficient (Wildman–Crippen LogP) is 2.37. The van der Waals surface area contributed by atoms with Crippen LogP contribution in [-0.4, -0.2) is 34.5 Å². The minimum atomic E-state index is 0.661. The molecule has 0 spiro atoms. The molecule has 3 nitrogen and oxygen atoms in total. The van der Waals surface area contributed by atoms with Gasteiger partial charge in [0.25, 0.3) is 0 Å². The molecule has 1 N–H and O–H groups in total. The summed E-state index contributed by atoms with van der Waals surface area (Å²) < 4.78 is 0. The van der Waals surface area contributed by atoms with Crippen molar-refractivity contribution in [1.82, 2.24) is 14.9 Å². The quantitative estimate of drug-likeness (QED) is 0.834. The number of H-pyrrole nitrogens is 1. The first-order chi connectivity index (χ1) is 7.86. The maximum atomic E-state index is 4.34. The lowest BCUT2D eigenvalue weighted by molar-refractivity contribution is 0.353. The van der Waals surface area contributed by atoms with Gasteiger partial charge < -0.3 is 9.88 Å². The monoisotopic (exact) mass is 215 g/mol. The van der Waals surface area contributed by atoms with Crippen LogP contribution in [0.5, 0.6) is 0 Å². The third-order valence-electron chi connectivity index (χ3n) is 3.57. The van der Waals surface area contributed by atoms with Crippen LogP contribution in [0.4, 0.5) is 0 Å². The van der Waals surface area contributed by atoms with E-state index >= 15 is 0 Å². The summed E-state index contributed by atoms with van der Waals surface area (Å²) in [6.45, 7) is 5.80. The first kappa shape index (κ1) is 9.85. The van der Waals surface area contributed by atoms with Crippen LogP contribution in [0.1, 0.15) is 25.0 Å². The summed E-state index contributed by atoms with van der Waals surface area (Å²) in [6.07, 6.45) is 3.11. The summed E-state index contributed by atoms with van der Waals surface area (Å²) in [6, 6.07) is 6.37. The van der Waals surface area contributed by atoms with E-state index in [0.717, 1.165) is 12.2 Å². The zero-order chi connectivity index (χ0) is 11.0. The number of nitrogens with one attached hydrogen (secondary N) is 1. The second-order valence-corrected chi connectivity index (χ2v) is 4.54. The standard InChI is InChI=1S/C13H17N3/c1-2-16-7-5-11(9-16)12-8-10-4-3-6-14-13(10)15-12/h3-4,6,8,11H,2,5,7,9H2,1H3,(H,14,15). The first-order valence-electron chi connectivity index (χ1n) is 6.03. The van der Waals surface area contributed by atoms with Crippen molar-refractivity contribution in [3.05, 3.63) is 30.1 Å². The normalized spacial score (nSPS) is 21.9. The molecule has 3 heterocycles. The molecule has 1 saturated heterocycles. The van der Waals surface area contributed by atoms with Gasteiger partial charge in [-0.25, -0.2) is 4.98 Å². The molecule has 1 aliphatic heterocycles. The van der Waals surface area contributed by atoms with Crippen LogP contribution in [0.15, 0.2) is 24.4 Å². The molecule has 0 amide bonds. The van der Waals surface area contributed by atoms with Crippen LogP contribution in [0.2, 0.25) is 0 Å². The number of likely N-dealkylation sites (tertiary alicyclic amines) is 1. The van der Waals surface area contributed by atoms with E-state index in [4.69, 9.17) is 0 Å². The molecule has 3 rings (SSSR count). The highest BCUT2D eigenvalue weighted by Crippen LogP contribution is 2.28. The van der Waals surface area contributed by atoms with Gasteiger partial charge in [-0.1, -0.05) is 6.92 Å². The van der Waals surface area contributed by atoms with Crippen molar-refractivity contribution in [3.63, 3.8) is 0 Å². The molecule has 0 saturated carbocycles. The smallest absolute Gasteiger partial charge is 0.137 e. The number of pyridine rings is 1. The van der Waals surface area contributed by atoms with E-state index in [1.807, 2.05) is 12.3 Å². The van der Waals surface area contributed by atoms with Gasteiger partial charge in [0, 0.05) is 29.7 Å². The molecule has 0 aliphatic carbocycles. The van der Waals surface area contributed by atoms with Crippen molar-refractivity contribution in [2.24, 2.45) is 0 Å². The molecule has 1 fully saturated rings. The van der Waals surface area contributed by atoms with Crippen molar-refractivity contribution in [2.75, 3.05) is 19.6 Å². The van der Waals surface area contributed by atoms with Gasteiger partial charge in [0.1, 0.15) is 5.65 Å². The molecule has 16 heavy (non-hydrogen) atoms. The fourth-order valence-electron chi connectivity index (χ4n) is 2.57.